The highest BCUT2D eigenvalue weighted by Gasteiger charge is 2.32. The van der Waals surface area contributed by atoms with E-state index < -0.39 is 0 Å². The first-order valence-electron chi connectivity index (χ1n) is 10.4. The molecule has 6 heteroatoms. The van der Waals surface area contributed by atoms with Gasteiger partial charge in [-0.1, -0.05) is 24.3 Å². The first kappa shape index (κ1) is 18.7. The van der Waals surface area contributed by atoms with Crippen LogP contribution in [0.15, 0.2) is 48.7 Å². The minimum atomic E-state index is -0.249. The fraction of sp³-hybridized carbons (Fsp3) is 0.333. The molecule has 2 aromatic carbocycles. The number of amides is 1. The van der Waals surface area contributed by atoms with Gasteiger partial charge in [0.15, 0.2) is 18.1 Å². The summed E-state index contributed by atoms with van der Waals surface area (Å²) in [6.45, 7) is 5.04. The number of aromatic nitrogens is 2. The lowest BCUT2D eigenvalue weighted by molar-refractivity contribution is -0.118. The summed E-state index contributed by atoms with van der Waals surface area (Å²) < 4.78 is 14.0. The molecule has 0 saturated carbocycles. The summed E-state index contributed by atoms with van der Waals surface area (Å²) in [5.41, 5.74) is 3.83. The standard InChI is InChI=1S/C24H25N3O3/c1-24(2)13-17-5-3-6-20(23(17)30-24)29-15-22(28)26-18-10-8-16(9-11-18)19-14-25-21-7-4-12-27(19)21/h3,5-6,8-11,14H,4,7,12-13,15H2,1-2H3,(H,26,28). The molecule has 0 spiro atoms. The van der Waals surface area contributed by atoms with E-state index >= 15 is 0 Å². The maximum Gasteiger partial charge on any atom is 0.262 e. The normalized spacial score (nSPS) is 15.9. The van der Waals surface area contributed by atoms with Gasteiger partial charge in [0.25, 0.3) is 5.91 Å². The first-order valence-corrected chi connectivity index (χ1v) is 10.4. The number of benzene rings is 2. The van der Waals surface area contributed by atoms with Gasteiger partial charge >= 0.3 is 0 Å². The van der Waals surface area contributed by atoms with Crippen molar-refractivity contribution in [2.24, 2.45) is 0 Å². The SMILES string of the molecule is CC1(C)Cc2cccc(OCC(=O)Nc3ccc(-c4cnc5n4CCC5)cc3)c2O1. The average Bonchev–Trinajstić information content (AvgIpc) is 3.40. The second kappa shape index (κ2) is 7.20. The molecule has 0 aliphatic carbocycles. The molecule has 0 bridgehead atoms. The Kier molecular flexibility index (Phi) is 4.50. The molecule has 0 saturated heterocycles. The van der Waals surface area contributed by atoms with E-state index in [0.29, 0.717) is 5.75 Å². The van der Waals surface area contributed by atoms with Gasteiger partial charge in [-0.3, -0.25) is 4.79 Å². The molecule has 5 rings (SSSR count). The van der Waals surface area contributed by atoms with E-state index in [1.807, 2.05) is 62.5 Å². The summed E-state index contributed by atoms with van der Waals surface area (Å²) in [6.07, 6.45) is 4.95. The van der Waals surface area contributed by atoms with Crippen molar-refractivity contribution >= 4 is 11.6 Å². The van der Waals surface area contributed by atoms with Gasteiger partial charge < -0.3 is 19.4 Å². The molecule has 0 unspecified atom stereocenters. The molecular formula is C24H25N3O3. The molecular weight excluding hydrogens is 378 g/mol. The molecule has 2 aliphatic heterocycles. The van der Waals surface area contributed by atoms with Crippen molar-refractivity contribution in [3.8, 4) is 22.8 Å². The zero-order valence-corrected chi connectivity index (χ0v) is 17.3. The molecule has 0 fully saturated rings. The number of nitrogens with one attached hydrogen (secondary N) is 1. The topological polar surface area (TPSA) is 65.4 Å². The van der Waals surface area contributed by atoms with E-state index in [2.05, 4.69) is 14.9 Å². The van der Waals surface area contributed by atoms with E-state index in [1.54, 1.807) is 0 Å². The predicted octanol–water partition coefficient (Wildman–Crippen LogP) is 4.23. The Hall–Kier alpha value is -3.28. The van der Waals surface area contributed by atoms with Crippen LogP contribution in [-0.2, 0) is 24.2 Å². The number of imidazole rings is 1. The molecule has 0 radical (unpaired) electrons. The van der Waals surface area contributed by atoms with Crippen LogP contribution in [0.25, 0.3) is 11.3 Å². The van der Waals surface area contributed by atoms with Gasteiger partial charge in [0.2, 0.25) is 0 Å². The van der Waals surface area contributed by atoms with Crippen molar-refractivity contribution < 1.29 is 14.3 Å². The summed E-state index contributed by atoms with van der Waals surface area (Å²) in [5.74, 6) is 2.30. The number of aryl methyl sites for hydroxylation is 1. The monoisotopic (exact) mass is 403 g/mol. The molecule has 154 valence electrons. The van der Waals surface area contributed by atoms with Crippen LogP contribution in [0.4, 0.5) is 5.69 Å². The van der Waals surface area contributed by atoms with Gasteiger partial charge in [0.05, 0.1) is 11.9 Å². The third-order valence-electron chi connectivity index (χ3n) is 5.60. The number of rotatable bonds is 5. The maximum atomic E-state index is 12.4. The van der Waals surface area contributed by atoms with Crippen molar-refractivity contribution in [2.45, 2.75) is 45.3 Å². The van der Waals surface area contributed by atoms with E-state index in [9.17, 15) is 4.79 Å². The van der Waals surface area contributed by atoms with Crippen LogP contribution < -0.4 is 14.8 Å². The summed E-state index contributed by atoms with van der Waals surface area (Å²) in [6, 6.07) is 13.7. The summed E-state index contributed by atoms with van der Waals surface area (Å²) >= 11 is 0. The van der Waals surface area contributed by atoms with Crippen molar-refractivity contribution in [1.82, 2.24) is 9.55 Å². The third-order valence-corrected chi connectivity index (χ3v) is 5.60. The number of carbonyl (C=O) groups excluding carboxylic acids is 1. The van der Waals surface area contributed by atoms with Gasteiger partial charge in [0.1, 0.15) is 11.4 Å². The minimum absolute atomic E-state index is 0.0713. The van der Waals surface area contributed by atoms with Crippen LogP contribution in [0.5, 0.6) is 11.5 Å². The lowest BCUT2D eigenvalue weighted by Crippen LogP contribution is -2.25. The molecule has 1 aromatic heterocycles. The van der Waals surface area contributed by atoms with Crippen LogP contribution >= 0.6 is 0 Å². The highest BCUT2D eigenvalue weighted by molar-refractivity contribution is 5.92. The van der Waals surface area contributed by atoms with Crippen molar-refractivity contribution in [3.05, 3.63) is 60.0 Å². The fourth-order valence-corrected chi connectivity index (χ4v) is 4.25. The molecule has 30 heavy (non-hydrogen) atoms. The minimum Gasteiger partial charge on any atom is -0.483 e. The molecule has 3 heterocycles. The Morgan fingerprint density at radius 2 is 2.07 bits per heavy atom. The van der Waals surface area contributed by atoms with Crippen LogP contribution in [0.2, 0.25) is 0 Å². The summed E-state index contributed by atoms with van der Waals surface area (Å²) in [4.78, 5) is 16.9. The third kappa shape index (κ3) is 3.54. The predicted molar refractivity (Wildman–Crippen MR) is 115 cm³/mol. The molecule has 1 amide bonds. The maximum absolute atomic E-state index is 12.4. The van der Waals surface area contributed by atoms with Crippen molar-refractivity contribution in [2.75, 3.05) is 11.9 Å². The lowest BCUT2D eigenvalue weighted by atomic mass is 10.0. The quantitative estimate of drug-likeness (QED) is 0.693. The number of nitrogens with zero attached hydrogens (tertiary/aromatic N) is 2. The molecule has 6 nitrogen and oxygen atoms in total. The van der Waals surface area contributed by atoms with Crippen LogP contribution in [0.1, 0.15) is 31.7 Å². The zero-order valence-electron chi connectivity index (χ0n) is 17.3. The Morgan fingerprint density at radius 3 is 2.90 bits per heavy atom. The molecule has 1 N–H and O–H groups in total. The Bertz CT molecular complexity index is 1100. The second-order valence-corrected chi connectivity index (χ2v) is 8.51. The average molecular weight is 403 g/mol. The smallest absolute Gasteiger partial charge is 0.262 e. The van der Waals surface area contributed by atoms with Crippen molar-refractivity contribution in [1.29, 1.82) is 0 Å². The summed E-state index contributed by atoms with van der Waals surface area (Å²) in [7, 11) is 0. The van der Waals surface area contributed by atoms with Crippen LogP contribution in [0.3, 0.4) is 0 Å². The Morgan fingerprint density at radius 1 is 1.23 bits per heavy atom. The van der Waals surface area contributed by atoms with E-state index in [0.717, 1.165) is 59.9 Å². The zero-order chi connectivity index (χ0) is 20.7. The largest absolute Gasteiger partial charge is 0.483 e. The number of fused-ring (bicyclic) bond motifs is 2. The van der Waals surface area contributed by atoms with E-state index in [1.165, 1.54) is 0 Å². The second-order valence-electron chi connectivity index (χ2n) is 8.51. The molecule has 3 aromatic rings. The van der Waals surface area contributed by atoms with Gasteiger partial charge in [-0.15, -0.1) is 0 Å². The van der Waals surface area contributed by atoms with Gasteiger partial charge in [0, 0.05) is 30.6 Å². The highest BCUT2D eigenvalue weighted by atomic mass is 16.5. The van der Waals surface area contributed by atoms with Crippen LogP contribution in [-0.4, -0.2) is 27.7 Å². The fourth-order valence-electron chi connectivity index (χ4n) is 4.25. The van der Waals surface area contributed by atoms with E-state index in [-0.39, 0.29) is 18.1 Å². The number of hydrogen-bond acceptors (Lipinski definition) is 4. The number of para-hydroxylation sites is 1. The molecule has 2 aliphatic rings. The highest BCUT2D eigenvalue weighted by Crippen LogP contribution is 2.41. The number of hydrogen-bond donors (Lipinski definition) is 1. The van der Waals surface area contributed by atoms with Crippen LogP contribution in [0, 0.1) is 0 Å². The Balaban J connectivity index is 1.21. The Labute approximate surface area is 175 Å². The van der Waals surface area contributed by atoms with Gasteiger partial charge in [-0.2, -0.15) is 0 Å². The number of carbonyl (C=O) groups is 1. The first-order chi connectivity index (χ1) is 14.5. The number of anilines is 1. The number of ether oxygens (including phenoxy) is 2. The lowest BCUT2D eigenvalue weighted by Gasteiger charge is -2.18. The van der Waals surface area contributed by atoms with Gasteiger partial charge in [-0.25, -0.2) is 4.98 Å². The van der Waals surface area contributed by atoms with Crippen molar-refractivity contribution in [3.63, 3.8) is 0 Å². The van der Waals surface area contributed by atoms with Gasteiger partial charge in [-0.05, 0) is 44.0 Å². The summed E-state index contributed by atoms with van der Waals surface area (Å²) in [5, 5.41) is 2.89. The molecule has 0 atom stereocenters. The van der Waals surface area contributed by atoms with E-state index in [4.69, 9.17) is 9.47 Å².